The molecule has 0 atom stereocenters. The van der Waals surface area contributed by atoms with Crippen LogP contribution >= 0.6 is 0 Å². The number of carbonyl (C=O) groups is 1. The Balaban J connectivity index is 2.04. The van der Waals surface area contributed by atoms with Crippen LogP contribution in [0.5, 0.6) is 0 Å². The summed E-state index contributed by atoms with van der Waals surface area (Å²) in [5.74, 6) is 0.372. The van der Waals surface area contributed by atoms with Crippen LogP contribution in [0.4, 0.5) is 13.2 Å². The molecule has 0 radical (unpaired) electrons. The van der Waals surface area contributed by atoms with Crippen molar-refractivity contribution < 1.29 is 18.0 Å². The lowest BCUT2D eigenvalue weighted by molar-refractivity contribution is -0.137. The van der Waals surface area contributed by atoms with Crippen molar-refractivity contribution in [3.63, 3.8) is 0 Å². The first-order valence-electron chi connectivity index (χ1n) is 7.74. The Kier molecular flexibility index (Phi) is 5.60. The predicted molar refractivity (Wildman–Crippen MR) is 89.8 cm³/mol. The summed E-state index contributed by atoms with van der Waals surface area (Å²) in [6, 6.07) is 12.1. The van der Waals surface area contributed by atoms with E-state index in [1.165, 1.54) is 29.8 Å². The Morgan fingerprint density at radius 3 is 2.08 bits per heavy atom. The van der Waals surface area contributed by atoms with Crippen molar-refractivity contribution >= 4 is 11.9 Å². The van der Waals surface area contributed by atoms with Crippen molar-refractivity contribution in [1.82, 2.24) is 0 Å². The van der Waals surface area contributed by atoms with Crippen LogP contribution in [0, 0.1) is 5.92 Å². The third-order valence-electron chi connectivity index (χ3n) is 3.55. The molecule has 0 aromatic heterocycles. The van der Waals surface area contributed by atoms with Gasteiger partial charge in [-0.2, -0.15) is 13.2 Å². The van der Waals surface area contributed by atoms with E-state index in [4.69, 9.17) is 0 Å². The highest BCUT2D eigenvalue weighted by molar-refractivity contribution is 6.06. The van der Waals surface area contributed by atoms with Gasteiger partial charge in [-0.05, 0) is 41.7 Å². The molecule has 1 nitrogen and oxygen atoms in total. The zero-order valence-corrected chi connectivity index (χ0v) is 13.6. The van der Waals surface area contributed by atoms with Crippen LogP contribution in [0.1, 0.15) is 40.9 Å². The second-order valence-corrected chi connectivity index (χ2v) is 6.11. The molecule has 24 heavy (non-hydrogen) atoms. The number of halogens is 3. The Morgan fingerprint density at radius 1 is 1.00 bits per heavy atom. The molecule has 0 aliphatic rings. The number of carbonyl (C=O) groups excluding carboxylic acids is 1. The number of rotatable bonds is 5. The smallest absolute Gasteiger partial charge is 0.289 e. The van der Waals surface area contributed by atoms with Crippen molar-refractivity contribution in [2.24, 2.45) is 5.92 Å². The first-order valence-corrected chi connectivity index (χ1v) is 7.74. The van der Waals surface area contributed by atoms with Gasteiger partial charge in [0, 0.05) is 5.56 Å². The van der Waals surface area contributed by atoms with Gasteiger partial charge in [0.2, 0.25) is 0 Å². The quantitative estimate of drug-likeness (QED) is 0.499. The number of hydrogen-bond donors (Lipinski definition) is 0. The third-order valence-corrected chi connectivity index (χ3v) is 3.55. The summed E-state index contributed by atoms with van der Waals surface area (Å²) in [7, 11) is 0. The maximum Gasteiger partial charge on any atom is 0.416 e. The molecule has 0 saturated carbocycles. The molecule has 2 rings (SSSR count). The molecule has 0 aliphatic carbocycles. The van der Waals surface area contributed by atoms with Crippen LogP contribution in [-0.2, 0) is 12.6 Å². The molecule has 0 unspecified atom stereocenters. The summed E-state index contributed by atoms with van der Waals surface area (Å²) >= 11 is 0. The van der Waals surface area contributed by atoms with Crippen LogP contribution < -0.4 is 0 Å². The average Bonchev–Trinajstić information content (AvgIpc) is 2.52. The van der Waals surface area contributed by atoms with Crippen LogP contribution in [0.2, 0.25) is 0 Å². The molecule has 0 fully saturated rings. The van der Waals surface area contributed by atoms with Crippen molar-refractivity contribution in [2.75, 3.05) is 0 Å². The standard InChI is InChI=1S/C20H19F3O/c1-14(2)13-16-3-8-17(9-4-16)19(24)12-7-15-5-10-18(11-6-15)20(21,22)23/h3-12,14H,13H2,1-2H3/b12-7-. The van der Waals surface area contributed by atoms with E-state index in [0.717, 1.165) is 18.6 Å². The van der Waals surface area contributed by atoms with Crippen LogP contribution in [0.3, 0.4) is 0 Å². The molecule has 0 heterocycles. The maximum atomic E-state index is 12.5. The van der Waals surface area contributed by atoms with Crippen molar-refractivity contribution in [3.8, 4) is 0 Å². The van der Waals surface area contributed by atoms with Crippen molar-refractivity contribution in [1.29, 1.82) is 0 Å². The van der Waals surface area contributed by atoms with Crippen molar-refractivity contribution in [2.45, 2.75) is 26.4 Å². The van der Waals surface area contributed by atoms with Gasteiger partial charge in [0.05, 0.1) is 5.56 Å². The van der Waals surface area contributed by atoms with Gasteiger partial charge >= 0.3 is 6.18 Å². The third kappa shape index (κ3) is 5.08. The van der Waals surface area contributed by atoms with Gasteiger partial charge in [-0.3, -0.25) is 4.79 Å². The fraction of sp³-hybridized carbons (Fsp3) is 0.250. The molecule has 0 aliphatic heterocycles. The largest absolute Gasteiger partial charge is 0.416 e. The molecule has 4 heteroatoms. The lowest BCUT2D eigenvalue weighted by Gasteiger charge is -2.06. The number of allylic oxidation sites excluding steroid dienone is 1. The second-order valence-electron chi connectivity index (χ2n) is 6.11. The highest BCUT2D eigenvalue weighted by Gasteiger charge is 2.29. The Hall–Kier alpha value is -2.36. The normalized spacial score (nSPS) is 12.1. The molecule has 0 N–H and O–H groups in total. The highest BCUT2D eigenvalue weighted by atomic mass is 19.4. The Bertz CT molecular complexity index is 708. The highest BCUT2D eigenvalue weighted by Crippen LogP contribution is 2.29. The molecule has 0 spiro atoms. The summed E-state index contributed by atoms with van der Waals surface area (Å²) in [6.07, 6.45) is -0.504. The van der Waals surface area contributed by atoms with Gasteiger partial charge in [0.25, 0.3) is 0 Å². The fourth-order valence-corrected chi connectivity index (χ4v) is 2.33. The maximum absolute atomic E-state index is 12.5. The molecular weight excluding hydrogens is 313 g/mol. The first-order chi connectivity index (χ1) is 11.3. The Morgan fingerprint density at radius 2 is 1.58 bits per heavy atom. The van der Waals surface area contributed by atoms with E-state index in [-0.39, 0.29) is 5.78 Å². The van der Waals surface area contributed by atoms with E-state index in [9.17, 15) is 18.0 Å². The number of ketones is 1. The molecular formula is C20H19F3O. The number of hydrogen-bond acceptors (Lipinski definition) is 1. The van der Waals surface area contributed by atoms with Crippen LogP contribution in [0.15, 0.2) is 54.6 Å². The summed E-state index contributed by atoms with van der Waals surface area (Å²) < 4.78 is 37.5. The van der Waals surface area contributed by atoms with Crippen molar-refractivity contribution in [3.05, 3.63) is 76.9 Å². The van der Waals surface area contributed by atoms with E-state index in [0.29, 0.717) is 17.0 Å². The number of benzene rings is 2. The summed E-state index contributed by atoms with van der Waals surface area (Å²) in [5.41, 5.74) is 1.58. The van der Waals surface area contributed by atoms with Crippen LogP contribution in [0.25, 0.3) is 6.08 Å². The lowest BCUT2D eigenvalue weighted by Crippen LogP contribution is -2.04. The molecule has 0 saturated heterocycles. The van der Waals surface area contributed by atoms with Crippen LogP contribution in [-0.4, -0.2) is 5.78 Å². The monoisotopic (exact) mass is 332 g/mol. The minimum absolute atomic E-state index is 0.175. The fourth-order valence-electron chi connectivity index (χ4n) is 2.33. The van der Waals surface area contributed by atoms with E-state index in [2.05, 4.69) is 13.8 Å². The van der Waals surface area contributed by atoms with Gasteiger partial charge < -0.3 is 0 Å². The van der Waals surface area contributed by atoms with E-state index in [1.807, 2.05) is 12.1 Å². The molecule has 2 aromatic rings. The molecule has 0 amide bonds. The average molecular weight is 332 g/mol. The summed E-state index contributed by atoms with van der Waals surface area (Å²) in [6.45, 7) is 4.26. The molecule has 2 aromatic carbocycles. The van der Waals surface area contributed by atoms with Gasteiger partial charge in [-0.25, -0.2) is 0 Å². The Labute approximate surface area is 139 Å². The molecule has 126 valence electrons. The van der Waals surface area contributed by atoms with Gasteiger partial charge in [-0.15, -0.1) is 0 Å². The first kappa shape index (κ1) is 18.0. The lowest BCUT2D eigenvalue weighted by atomic mass is 10.0. The predicted octanol–water partition coefficient (Wildman–Crippen LogP) is 5.80. The zero-order chi connectivity index (χ0) is 17.7. The minimum atomic E-state index is -4.35. The topological polar surface area (TPSA) is 17.1 Å². The van der Waals surface area contributed by atoms with Gasteiger partial charge in [0.15, 0.2) is 5.78 Å². The minimum Gasteiger partial charge on any atom is -0.289 e. The molecule has 0 bridgehead atoms. The zero-order valence-electron chi connectivity index (χ0n) is 13.6. The summed E-state index contributed by atoms with van der Waals surface area (Å²) in [5, 5.41) is 0. The van der Waals surface area contributed by atoms with E-state index < -0.39 is 11.7 Å². The van der Waals surface area contributed by atoms with E-state index >= 15 is 0 Å². The van der Waals surface area contributed by atoms with E-state index in [1.54, 1.807) is 12.1 Å². The summed E-state index contributed by atoms with van der Waals surface area (Å²) in [4.78, 5) is 12.1. The number of alkyl halides is 3. The van der Waals surface area contributed by atoms with Gasteiger partial charge in [0.1, 0.15) is 0 Å². The second kappa shape index (κ2) is 7.47. The van der Waals surface area contributed by atoms with Gasteiger partial charge in [-0.1, -0.05) is 56.3 Å². The SMILES string of the molecule is CC(C)Cc1ccc(C(=O)/C=C\c2ccc(C(F)(F)F)cc2)cc1.